The molecule has 0 unspecified atom stereocenters. The molecule has 0 bridgehead atoms. The maximum Gasteiger partial charge on any atom is 0.175 e. The summed E-state index contributed by atoms with van der Waals surface area (Å²) in [5, 5.41) is 5.73. The number of fused-ring (bicyclic) bond motifs is 3. The fourth-order valence-corrected chi connectivity index (χ4v) is 6.38. The van der Waals surface area contributed by atoms with Crippen LogP contribution in [0.4, 0.5) is 11.5 Å². The molecule has 6 rings (SSSR count). The normalized spacial score (nSPS) is 16.5. The molecule has 2 N–H and O–H groups in total. The molecule has 2 aromatic heterocycles. The highest BCUT2D eigenvalue weighted by Gasteiger charge is 2.24. The summed E-state index contributed by atoms with van der Waals surface area (Å²) in [7, 11) is -1.60. The number of nitrogens with one attached hydrogen (secondary N) is 2. The van der Waals surface area contributed by atoms with Crippen molar-refractivity contribution >= 4 is 60.6 Å². The maximum absolute atomic E-state index is 11.7. The highest BCUT2D eigenvalue weighted by molar-refractivity contribution is 7.90. The Hall–Kier alpha value is -3.72. The zero-order valence-corrected chi connectivity index (χ0v) is 25.8. The van der Waals surface area contributed by atoms with E-state index in [4.69, 9.17) is 26.4 Å². The Morgan fingerprint density at radius 1 is 1.05 bits per heavy atom. The number of aromatic nitrogens is 3. The van der Waals surface area contributed by atoms with Crippen molar-refractivity contribution in [3.05, 3.63) is 42.7 Å². The molecule has 2 fully saturated rings. The number of rotatable bonds is 8. The van der Waals surface area contributed by atoms with E-state index >= 15 is 0 Å². The molecule has 2 aliphatic heterocycles. The molecular weight excluding hydrogens is 590 g/mol. The maximum atomic E-state index is 11.7. The van der Waals surface area contributed by atoms with Gasteiger partial charge in [0.1, 0.15) is 24.4 Å². The third kappa shape index (κ3) is 6.47. The molecule has 12 nitrogen and oxygen atoms in total. The van der Waals surface area contributed by atoms with Gasteiger partial charge in [0.15, 0.2) is 26.4 Å². The molecule has 0 amide bonds. The zero-order valence-electron chi connectivity index (χ0n) is 24.2. The van der Waals surface area contributed by atoms with Crippen LogP contribution in [0.2, 0.25) is 0 Å². The van der Waals surface area contributed by atoms with Crippen LogP contribution in [0.15, 0.2) is 47.6 Å². The minimum absolute atomic E-state index is 0.274. The van der Waals surface area contributed by atoms with Crippen molar-refractivity contribution in [1.29, 1.82) is 0 Å². The Morgan fingerprint density at radius 3 is 2.49 bits per heavy atom. The SMILES string of the molecule is COc1cc2c(cc1OCCN1CCOCC1)[nH]c1ncnc(N3CCN(C(=S)Nc4ccc(S(C)(=O)=O)cc4)CC3)c12. The zero-order chi connectivity index (χ0) is 30.0. The van der Waals surface area contributed by atoms with Crippen molar-refractivity contribution in [2.45, 2.75) is 4.90 Å². The van der Waals surface area contributed by atoms with Gasteiger partial charge < -0.3 is 34.3 Å². The summed E-state index contributed by atoms with van der Waals surface area (Å²) in [5.41, 5.74) is 2.41. The number of anilines is 2. The Balaban J connectivity index is 1.15. The second-order valence-corrected chi connectivity index (χ2v) is 13.0. The number of aromatic amines is 1. The van der Waals surface area contributed by atoms with Crippen LogP contribution in [0.1, 0.15) is 0 Å². The molecule has 0 spiro atoms. The van der Waals surface area contributed by atoms with E-state index in [2.05, 4.69) is 35.0 Å². The van der Waals surface area contributed by atoms with Gasteiger partial charge in [-0.1, -0.05) is 0 Å². The summed E-state index contributed by atoms with van der Waals surface area (Å²) in [5.74, 6) is 2.20. The summed E-state index contributed by atoms with van der Waals surface area (Å²) < 4.78 is 40.8. The summed E-state index contributed by atoms with van der Waals surface area (Å²) in [6.45, 7) is 7.57. The lowest BCUT2D eigenvalue weighted by molar-refractivity contribution is 0.0321. The molecule has 2 aliphatic rings. The quantitative estimate of drug-likeness (QED) is 0.280. The molecule has 14 heteroatoms. The van der Waals surface area contributed by atoms with Gasteiger partial charge in [0, 0.05) is 69.2 Å². The fraction of sp³-hybridized carbons (Fsp3) is 0.414. The number of piperazine rings is 1. The highest BCUT2D eigenvalue weighted by Crippen LogP contribution is 2.38. The van der Waals surface area contributed by atoms with Gasteiger partial charge in [0.2, 0.25) is 0 Å². The van der Waals surface area contributed by atoms with Crippen LogP contribution < -0.4 is 19.7 Å². The molecule has 43 heavy (non-hydrogen) atoms. The van der Waals surface area contributed by atoms with E-state index in [1.165, 1.54) is 6.26 Å². The minimum Gasteiger partial charge on any atom is -0.493 e. The average molecular weight is 626 g/mol. The molecule has 2 aromatic carbocycles. The van der Waals surface area contributed by atoms with Gasteiger partial charge >= 0.3 is 0 Å². The van der Waals surface area contributed by atoms with Gasteiger partial charge in [-0.3, -0.25) is 4.90 Å². The number of methoxy groups -OCH3 is 1. The summed E-state index contributed by atoms with van der Waals surface area (Å²) >= 11 is 5.66. The first kappa shape index (κ1) is 29.4. The number of nitrogens with zero attached hydrogens (tertiary/aromatic N) is 5. The number of hydrogen-bond donors (Lipinski definition) is 2. The van der Waals surface area contributed by atoms with E-state index in [-0.39, 0.29) is 4.90 Å². The molecule has 0 saturated carbocycles. The highest BCUT2D eigenvalue weighted by atomic mass is 32.2. The van der Waals surface area contributed by atoms with Crippen molar-refractivity contribution in [2.24, 2.45) is 0 Å². The van der Waals surface area contributed by atoms with E-state index in [1.54, 1.807) is 37.7 Å². The van der Waals surface area contributed by atoms with Gasteiger partial charge in [-0.25, -0.2) is 18.4 Å². The van der Waals surface area contributed by atoms with E-state index < -0.39 is 9.84 Å². The lowest BCUT2D eigenvalue weighted by atomic mass is 10.1. The van der Waals surface area contributed by atoms with E-state index in [0.29, 0.717) is 49.4 Å². The summed E-state index contributed by atoms with van der Waals surface area (Å²) in [4.78, 5) is 19.6. The molecule has 4 aromatic rings. The Morgan fingerprint density at radius 2 is 1.79 bits per heavy atom. The number of ether oxygens (including phenoxy) is 3. The molecule has 2 saturated heterocycles. The number of sulfone groups is 1. The molecular formula is C29H35N7O5S2. The van der Waals surface area contributed by atoms with Crippen LogP contribution in [0.5, 0.6) is 11.5 Å². The first-order chi connectivity index (χ1) is 20.8. The van der Waals surface area contributed by atoms with Crippen LogP contribution in [0, 0.1) is 0 Å². The Kier molecular flexibility index (Phi) is 8.52. The second kappa shape index (κ2) is 12.5. The predicted molar refractivity (Wildman–Crippen MR) is 170 cm³/mol. The lowest BCUT2D eigenvalue weighted by Crippen LogP contribution is -2.50. The second-order valence-electron chi connectivity index (χ2n) is 10.6. The van der Waals surface area contributed by atoms with Crippen molar-refractivity contribution in [2.75, 3.05) is 89.2 Å². The van der Waals surface area contributed by atoms with Gasteiger partial charge in [-0.15, -0.1) is 0 Å². The van der Waals surface area contributed by atoms with Crippen LogP contribution in [0.3, 0.4) is 0 Å². The molecule has 0 atom stereocenters. The number of thiocarbonyl (C=S) groups is 1. The lowest BCUT2D eigenvalue weighted by Gasteiger charge is -2.37. The predicted octanol–water partition coefficient (Wildman–Crippen LogP) is 2.75. The van der Waals surface area contributed by atoms with Crippen LogP contribution in [0.25, 0.3) is 21.9 Å². The monoisotopic (exact) mass is 625 g/mol. The average Bonchev–Trinajstić information content (AvgIpc) is 3.38. The molecule has 0 radical (unpaired) electrons. The van der Waals surface area contributed by atoms with E-state index in [0.717, 1.165) is 66.3 Å². The smallest absolute Gasteiger partial charge is 0.175 e. The molecule has 228 valence electrons. The first-order valence-corrected chi connectivity index (χ1v) is 16.5. The van der Waals surface area contributed by atoms with Crippen molar-refractivity contribution < 1.29 is 22.6 Å². The van der Waals surface area contributed by atoms with Gasteiger partial charge in [0.05, 0.1) is 36.1 Å². The van der Waals surface area contributed by atoms with Crippen LogP contribution >= 0.6 is 12.2 Å². The largest absolute Gasteiger partial charge is 0.493 e. The van der Waals surface area contributed by atoms with E-state index in [9.17, 15) is 8.42 Å². The number of morpholine rings is 1. The Labute approximate surface area is 255 Å². The van der Waals surface area contributed by atoms with Gasteiger partial charge in [-0.05, 0) is 42.5 Å². The van der Waals surface area contributed by atoms with Crippen LogP contribution in [-0.4, -0.2) is 117 Å². The fourth-order valence-electron chi connectivity index (χ4n) is 5.45. The van der Waals surface area contributed by atoms with E-state index in [1.807, 2.05) is 12.1 Å². The van der Waals surface area contributed by atoms with Gasteiger partial charge in [-0.2, -0.15) is 0 Å². The summed E-state index contributed by atoms with van der Waals surface area (Å²) in [6, 6.07) is 10.6. The number of hydrogen-bond acceptors (Lipinski definition) is 10. The van der Waals surface area contributed by atoms with Crippen molar-refractivity contribution in [1.82, 2.24) is 24.8 Å². The topological polar surface area (TPSA) is 125 Å². The number of H-pyrrole nitrogens is 1. The van der Waals surface area contributed by atoms with Crippen LogP contribution in [-0.2, 0) is 14.6 Å². The van der Waals surface area contributed by atoms with Gasteiger partial charge in [0.25, 0.3) is 0 Å². The third-order valence-electron chi connectivity index (χ3n) is 7.82. The first-order valence-electron chi connectivity index (χ1n) is 14.2. The summed E-state index contributed by atoms with van der Waals surface area (Å²) in [6.07, 6.45) is 2.78. The Bertz CT molecular complexity index is 1710. The third-order valence-corrected chi connectivity index (χ3v) is 9.31. The van der Waals surface area contributed by atoms with Crippen molar-refractivity contribution in [3.8, 4) is 11.5 Å². The number of benzene rings is 2. The standard InChI is InChI=1S/C29H35N7O5S2/c1-39-24-17-22-23(18-25(24)41-16-13-34-11-14-40-15-12-34)33-27-26(22)28(31-19-30-27)35-7-9-36(10-8-35)29(42)32-20-3-5-21(6-4-20)43(2,37)38/h3-6,17-19H,7-16H2,1-2H3,(H,32,42)(H,30,31,33). The van der Waals surface area contributed by atoms with Crippen molar-refractivity contribution in [3.63, 3.8) is 0 Å². The molecule has 0 aliphatic carbocycles. The minimum atomic E-state index is -3.25. The molecule has 4 heterocycles.